The third-order valence-electron chi connectivity index (χ3n) is 10.3. The molecular formula is C35H41FN2O6Si. The van der Waals surface area contributed by atoms with E-state index in [9.17, 15) is 9.50 Å². The van der Waals surface area contributed by atoms with Crippen LogP contribution in [0.2, 0.25) is 18.1 Å². The van der Waals surface area contributed by atoms with Gasteiger partial charge in [-0.1, -0.05) is 51.1 Å². The number of fused-ring (bicyclic) bond motifs is 4. The molecule has 238 valence electrons. The van der Waals surface area contributed by atoms with Gasteiger partial charge >= 0.3 is 0 Å². The predicted octanol–water partition coefficient (Wildman–Crippen LogP) is 6.99. The summed E-state index contributed by atoms with van der Waals surface area (Å²) in [6.45, 7) is 12.1. The van der Waals surface area contributed by atoms with Crippen LogP contribution < -0.4 is 4.74 Å². The van der Waals surface area contributed by atoms with Crippen molar-refractivity contribution in [3.63, 3.8) is 0 Å². The molecule has 0 radical (unpaired) electrons. The molecule has 0 unspecified atom stereocenters. The summed E-state index contributed by atoms with van der Waals surface area (Å²) >= 11 is 0. The van der Waals surface area contributed by atoms with E-state index in [1.165, 1.54) is 12.1 Å². The number of hydrogen-bond donors (Lipinski definition) is 1. The molecule has 0 saturated heterocycles. The van der Waals surface area contributed by atoms with Crippen LogP contribution in [0.4, 0.5) is 4.39 Å². The molecule has 3 aliphatic rings. The van der Waals surface area contributed by atoms with Crippen LogP contribution in [-0.2, 0) is 22.2 Å². The summed E-state index contributed by atoms with van der Waals surface area (Å²) in [5.41, 5.74) is 0.817. The Morgan fingerprint density at radius 1 is 1.11 bits per heavy atom. The van der Waals surface area contributed by atoms with Crippen LogP contribution >= 0.6 is 0 Å². The van der Waals surface area contributed by atoms with Gasteiger partial charge in [-0.2, -0.15) is 0 Å². The predicted molar refractivity (Wildman–Crippen MR) is 170 cm³/mol. The van der Waals surface area contributed by atoms with Crippen LogP contribution in [0.5, 0.6) is 5.88 Å². The molecule has 8 nitrogen and oxygen atoms in total. The Kier molecular flexibility index (Phi) is 7.49. The van der Waals surface area contributed by atoms with Crippen molar-refractivity contribution in [2.45, 2.75) is 76.9 Å². The molecule has 0 spiro atoms. The first-order valence-corrected chi connectivity index (χ1v) is 18.3. The van der Waals surface area contributed by atoms with Crippen molar-refractivity contribution >= 4 is 25.6 Å². The number of Topliss-reactive ketones (excluding diaryl/α,β-unsaturated/α-hetero) is 2. The molecule has 45 heavy (non-hydrogen) atoms. The maximum Gasteiger partial charge on any atom is 0.265 e. The molecular weight excluding hydrogens is 591 g/mol. The van der Waals surface area contributed by atoms with Gasteiger partial charge in [0, 0.05) is 17.1 Å². The van der Waals surface area contributed by atoms with Gasteiger partial charge in [-0.15, -0.1) is 0 Å². The minimum Gasteiger partial charge on any atom is -0.507 e. The van der Waals surface area contributed by atoms with Gasteiger partial charge in [-0.3, -0.25) is 14.5 Å². The molecule has 3 aliphatic carbocycles. The fourth-order valence-corrected chi connectivity index (χ4v) is 8.62. The lowest BCUT2D eigenvalue weighted by molar-refractivity contribution is -0.140. The lowest BCUT2D eigenvalue weighted by atomic mass is 9.57. The van der Waals surface area contributed by atoms with E-state index in [4.69, 9.17) is 13.7 Å². The van der Waals surface area contributed by atoms with E-state index in [1.54, 1.807) is 6.92 Å². The van der Waals surface area contributed by atoms with Gasteiger partial charge < -0.3 is 18.8 Å². The lowest BCUT2D eigenvalue weighted by Gasteiger charge is -2.55. The van der Waals surface area contributed by atoms with Crippen molar-refractivity contribution in [2.24, 2.45) is 11.8 Å². The van der Waals surface area contributed by atoms with E-state index in [0.717, 1.165) is 5.56 Å². The Bertz CT molecular complexity index is 1720. The highest BCUT2D eigenvalue weighted by molar-refractivity contribution is 6.74. The van der Waals surface area contributed by atoms with Gasteiger partial charge in [0.25, 0.3) is 5.88 Å². The highest BCUT2D eigenvalue weighted by Crippen LogP contribution is 2.58. The number of benzene rings is 2. The Balaban J connectivity index is 1.57. The van der Waals surface area contributed by atoms with E-state index in [0.29, 0.717) is 35.3 Å². The highest BCUT2D eigenvalue weighted by atomic mass is 28.4. The van der Waals surface area contributed by atoms with E-state index >= 15 is 9.59 Å². The van der Waals surface area contributed by atoms with Gasteiger partial charge in [0.1, 0.15) is 23.7 Å². The number of aliphatic hydroxyl groups is 1. The Morgan fingerprint density at radius 2 is 1.80 bits per heavy atom. The second-order valence-electron chi connectivity index (χ2n) is 14.4. The molecule has 3 aromatic rings. The Labute approximate surface area is 264 Å². The number of aryl methyl sites for hydroxylation is 1. The van der Waals surface area contributed by atoms with Gasteiger partial charge in [0.15, 0.2) is 19.7 Å². The van der Waals surface area contributed by atoms with E-state index < -0.39 is 49.2 Å². The van der Waals surface area contributed by atoms with Crippen molar-refractivity contribution in [1.29, 1.82) is 0 Å². The first-order chi connectivity index (χ1) is 21.1. The maximum absolute atomic E-state index is 15.2. The molecule has 1 N–H and O–H groups in total. The maximum atomic E-state index is 15.2. The van der Waals surface area contributed by atoms with E-state index in [2.05, 4.69) is 25.9 Å². The third kappa shape index (κ3) is 4.80. The van der Waals surface area contributed by atoms with Crippen LogP contribution in [0.1, 0.15) is 71.6 Å². The molecule has 0 bridgehead atoms. The smallest absolute Gasteiger partial charge is 0.265 e. The summed E-state index contributed by atoms with van der Waals surface area (Å²) in [7, 11) is 0.922. The zero-order valence-electron chi connectivity index (χ0n) is 27.2. The van der Waals surface area contributed by atoms with Crippen LogP contribution in [-0.4, -0.2) is 54.7 Å². The number of aromatic nitrogens is 1. The first-order valence-electron chi connectivity index (χ1n) is 15.4. The third-order valence-corrected chi connectivity index (χ3v) is 14.7. The van der Waals surface area contributed by atoms with Gasteiger partial charge in [0.05, 0.1) is 6.04 Å². The minimum absolute atomic E-state index is 0.00999. The van der Waals surface area contributed by atoms with E-state index in [1.807, 2.05) is 62.4 Å². The average molecular weight is 633 g/mol. The molecule has 10 heteroatoms. The number of ketones is 2. The van der Waals surface area contributed by atoms with Crippen molar-refractivity contribution in [3.05, 3.63) is 87.4 Å². The molecule has 4 atom stereocenters. The summed E-state index contributed by atoms with van der Waals surface area (Å²) in [4.78, 5) is 32.2. The fourth-order valence-electron chi connectivity index (χ4n) is 7.18. The van der Waals surface area contributed by atoms with Crippen LogP contribution in [0.15, 0.2) is 52.6 Å². The summed E-state index contributed by atoms with van der Waals surface area (Å²) < 4.78 is 33.6. The SMILES string of the molecule is Cc1cc(F)cc2c1C(O)=C1C(=O)[C@]3(O[Si](C)(C)C(C)(C)C)C(=O)c4c(OCc5ccccc5)noc4[C@@H](N(C)C)[C@@H]3C[C@@H]1C2. The number of ether oxygens (including phenoxy) is 1. The van der Waals surface area contributed by atoms with Crippen LogP contribution in [0, 0.1) is 24.6 Å². The first kappa shape index (κ1) is 31.4. The van der Waals surface area contributed by atoms with Gasteiger partial charge in [-0.25, -0.2) is 4.39 Å². The number of carbonyl (C=O) groups excluding carboxylic acids is 2. The standard InChI is InChI=1S/C35H41FN2O6Si/c1-19-14-23(36)16-21-15-22-17-24-28(38(5)6)30-27(33(37-43-30)42-18-20-12-10-9-11-13-20)32(41)35(24,44-45(7,8)34(2,3)4)31(40)26(22)29(39)25(19)21/h9-14,16,22,24,28,39H,15,17-18H2,1-8H3/t22-,24-,28-,35-/m0/s1. The minimum atomic E-state index is -2.82. The average Bonchev–Trinajstić information content (AvgIpc) is 3.36. The van der Waals surface area contributed by atoms with Crippen molar-refractivity contribution in [3.8, 4) is 5.88 Å². The molecule has 1 heterocycles. The number of hydrogen-bond acceptors (Lipinski definition) is 8. The summed E-state index contributed by atoms with van der Waals surface area (Å²) in [6, 6.07) is 11.7. The van der Waals surface area contributed by atoms with Crippen LogP contribution in [0.3, 0.4) is 0 Å². The summed E-state index contributed by atoms with van der Waals surface area (Å²) in [5.74, 6) is -2.47. The summed E-state index contributed by atoms with van der Waals surface area (Å²) in [5, 5.41) is 15.6. The Hall–Kier alpha value is -3.60. The second-order valence-corrected chi connectivity index (χ2v) is 19.2. The normalized spacial score (nSPS) is 24.7. The molecule has 0 amide bonds. The zero-order valence-corrected chi connectivity index (χ0v) is 28.2. The number of nitrogens with zero attached hydrogens (tertiary/aromatic N) is 2. The molecule has 2 aromatic carbocycles. The van der Waals surface area contributed by atoms with Crippen LogP contribution in [0.25, 0.3) is 5.76 Å². The van der Waals surface area contributed by atoms with Crippen molar-refractivity contribution < 1.29 is 32.8 Å². The van der Waals surface area contributed by atoms with Crippen molar-refractivity contribution in [1.82, 2.24) is 10.1 Å². The van der Waals surface area contributed by atoms with Gasteiger partial charge in [0.2, 0.25) is 11.6 Å². The number of halogens is 1. The lowest BCUT2D eigenvalue weighted by Crippen LogP contribution is -2.68. The van der Waals surface area contributed by atoms with E-state index in [-0.39, 0.29) is 34.4 Å². The zero-order chi connectivity index (χ0) is 32.6. The molecule has 0 aliphatic heterocycles. The quantitative estimate of drug-likeness (QED) is 0.229. The fraction of sp³-hybridized carbons (Fsp3) is 0.457. The van der Waals surface area contributed by atoms with Gasteiger partial charge in [-0.05, 0) is 91.9 Å². The molecule has 6 rings (SSSR count). The van der Waals surface area contributed by atoms with Crippen molar-refractivity contribution in [2.75, 3.05) is 14.1 Å². The molecule has 1 saturated carbocycles. The highest BCUT2D eigenvalue weighted by Gasteiger charge is 2.68. The largest absolute Gasteiger partial charge is 0.507 e. The number of carbonyl (C=O) groups is 2. The monoisotopic (exact) mass is 632 g/mol. The topological polar surface area (TPSA) is 102 Å². The molecule has 1 aromatic heterocycles. The Morgan fingerprint density at radius 3 is 2.44 bits per heavy atom. The number of rotatable bonds is 6. The second kappa shape index (κ2) is 10.7. The summed E-state index contributed by atoms with van der Waals surface area (Å²) in [6.07, 6.45) is 0.693. The molecule has 1 fully saturated rings. The number of aliphatic hydroxyl groups excluding tert-OH is 1.